The molecule has 0 saturated carbocycles. The molecule has 1 aromatic carbocycles. The van der Waals surface area contributed by atoms with E-state index in [2.05, 4.69) is 60.1 Å². The van der Waals surface area contributed by atoms with E-state index in [4.69, 9.17) is 0 Å². The Labute approximate surface area is 120 Å². The molecule has 0 fully saturated rings. The molecule has 0 saturated heterocycles. The normalized spacial score (nSPS) is 12.5. The van der Waals surface area contributed by atoms with E-state index in [0.29, 0.717) is 6.04 Å². The molecule has 0 aliphatic rings. The molecule has 1 aromatic heterocycles. The van der Waals surface area contributed by atoms with Crippen LogP contribution in [-0.4, -0.2) is 6.04 Å². The highest BCUT2D eigenvalue weighted by atomic mass is 32.1. The van der Waals surface area contributed by atoms with Crippen LogP contribution in [0.3, 0.4) is 0 Å². The van der Waals surface area contributed by atoms with Crippen molar-refractivity contribution < 1.29 is 0 Å². The minimum absolute atomic E-state index is 0.601. The summed E-state index contributed by atoms with van der Waals surface area (Å²) in [5, 5.41) is 5.76. The fraction of sp³-hybridized carbons (Fsp3) is 0.412. The Morgan fingerprint density at radius 1 is 1.05 bits per heavy atom. The molecular weight excluding hydrogens is 250 g/mol. The molecule has 0 bridgehead atoms. The first kappa shape index (κ1) is 14.3. The molecule has 0 aliphatic carbocycles. The van der Waals surface area contributed by atoms with Crippen molar-refractivity contribution >= 4 is 11.3 Å². The molecule has 102 valence electrons. The Balaban J connectivity index is 1.56. The van der Waals surface area contributed by atoms with Gasteiger partial charge in [-0.2, -0.15) is 0 Å². The molecule has 1 heterocycles. The highest BCUT2D eigenvalue weighted by Gasteiger charge is 2.02. The van der Waals surface area contributed by atoms with Gasteiger partial charge >= 0.3 is 0 Å². The Bertz CT molecular complexity index is 436. The highest BCUT2D eigenvalue weighted by molar-refractivity contribution is 7.09. The van der Waals surface area contributed by atoms with Gasteiger partial charge in [0, 0.05) is 17.5 Å². The standard InChI is InChI=1S/C17H23NS/c1-15(18-14-16-9-3-2-4-10-16)8-5-6-11-17-12-7-13-19-17/h2-4,7,9-10,12-13,15,18H,5-6,8,11,14H2,1H3. The largest absolute Gasteiger partial charge is 0.310 e. The van der Waals surface area contributed by atoms with E-state index in [0.717, 1.165) is 6.54 Å². The summed E-state index contributed by atoms with van der Waals surface area (Å²) >= 11 is 1.87. The number of thiophene rings is 1. The van der Waals surface area contributed by atoms with Crippen LogP contribution < -0.4 is 5.32 Å². The topological polar surface area (TPSA) is 12.0 Å². The van der Waals surface area contributed by atoms with Crippen molar-refractivity contribution in [3.63, 3.8) is 0 Å². The zero-order valence-corrected chi connectivity index (χ0v) is 12.5. The molecule has 1 atom stereocenters. The number of nitrogens with one attached hydrogen (secondary N) is 1. The lowest BCUT2D eigenvalue weighted by Gasteiger charge is -2.13. The second-order valence-electron chi connectivity index (χ2n) is 5.09. The smallest absolute Gasteiger partial charge is 0.0207 e. The summed E-state index contributed by atoms with van der Waals surface area (Å²) in [5.74, 6) is 0. The third kappa shape index (κ3) is 5.58. The van der Waals surface area contributed by atoms with E-state index < -0.39 is 0 Å². The fourth-order valence-corrected chi connectivity index (χ4v) is 2.95. The monoisotopic (exact) mass is 273 g/mol. The van der Waals surface area contributed by atoms with E-state index in [1.54, 1.807) is 0 Å². The first-order valence-corrected chi connectivity index (χ1v) is 8.02. The number of unbranched alkanes of at least 4 members (excludes halogenated alkanes) is 1. The summed E-state index contributed by atoms with van der Waals surface area (Å²) in [4.78, 5) is 1.52. The minimum atomic E-state index is 0.601. The summed E-state index contributed by atoms with van der Waals surface area (Å²) in [7, 11) is 0. The van der Waals surface area contributed by atoms with Gasteiger partial charge in [-0.25, -0.2) is 0 Å². The summed E-state index contributed by atoms with van der Waals surface area (Å²) in [5.41, 5.74) is 1.37. The predicted octanol–water partition coefficient (Wildman–Crippen LogP) is 4.64. The van der Waals surface area contributed by atoms with Gasteiger partial charge in [-0.1, -0.05) is 42.8 Å². The summed E-state index contributed by atoms with van der Waals surface area (Å²) in [6.07, 6.45) is 5.11. The van der Waals surface area contributed by atoms with Gasteiger partial charge in [0.15, 0.2) is 0 Å². The quantitative estimate of drug-likeness (QED) is 0.691. The van der Waals surface area contributed by atoms with Crippen LogP contribution in [0.2, 0.25) is 0 Å². The lowest BCUT2D eigenvalue weighted by Crippen LogP contribution is -2.25. The van der Waals surface area contributed by atoms with Gasteiger partial charge in [-0.05, 0) is 43.2 Å². The Hall–Kier alpha value is -1.12. The second kappa shape index (κ2) is 8.13. The molecule has 1 N–H and O–H groups in total. The van der Waals surface area contributed by atoms with Crippen molar-refractivity contribution in [1.82, 2.24) is 5.32 Å². The van der Waals surface area contributed by atoms with Gasteiger partial charge in [-0.3, -0.25) is 0 Å². The molecule has 0 radical (unpaired) electrons. The maximum absolute atomic E-state index is 3.60. The Morgan fingerprint density at radius 2 is 1.89 bits per heavy atom. The van der Waals surface area contributed by atoms with Crippen LogP contribution in [0.4, 0.5) is 0 Å². The van der Waals surface area contributed by atoms with Crippen molar-refractivity contribution in [1.29, 1.82) is 0 Å². The van der Waals surface area contributed by atoms with Crippen molar-refractivity contribution in [3.05, 3.63) is 58.3 Å². The molecular formula is C17H23NS. The van der Waals surface area contributed by atoms with E-state index >= 15 is 0 Å². The van der Waals surface area contributed by atoms with Gasteiger partial charge in [0.2, 0.25) is 0 Å². The average molecular weight is 273 g/mol. The van der Waals surface area contributed by atoms with E-state index in [1.807, 2.05) is 11.3 Å². The fourth-order valence-electron chi connectivity index (χ4n) is 2.19. The predicted molar refractivity (Wildman–Crippen MR) is 84.6 cm³/mol. The lowest BCUT2D eigenvalue weighted by atomic mass is 10.1. The van der Waals surface area contributed by atoms with Gasteiger partial charge in [0.05, 0.1) is 0 Å². The first-order chi connectivity index (χ1) is 9.34. The van der Waals surface area contributed by atoms with Crippen molar-refractivity contribution in [2.24, 2.45) is 0 Å². The molecule has 2 heteroatoms. The van der Waals surface area contributed by atoms with Gasteiger partial charge in [0.1, 0.15) is 0 Å². The zero-order valence-electron chi connectivity index (χ0n) is 11.6. The lowest BCUT2D eigenvalue weighted by molar-refractivity contribution is 0.489. The van der Waals surface area contributed by atoms with Crippen LogP contribution in [0.5, 0.6) is 0 Å². The van der Waals surface area contributed by atoms with Crippen LogP contribution >= 0.6 is 11.3 Å². The number of aryl methyl sites for hydroxylation is 1. The third-order valence-corrected chi connectivity index (χ3v) is 4.32. The summed E-state index contributed by atoms with van der Waals surface area (Å²) in [6.45, 7) is 3.26. The van der Waals surface area contributed by atoms with Gasteiger partial charge in [0.25, 0.3) is 0 Å². The number of rotatable bonds is 8. The molecule has 0 spiro atoms. The average Bonchev–Trinajstić information content (AvgIpc) is 2.96. The van der Waals surface area contributed by atoms with Crippen LogP contribution in [0.15, 0.2) is 47.8 Å². The van der Waals surface area contributed by atoms with E-state index in [9.17, 15) is 0 Å². The maximum Gasteiger partial charge on any atom is 0.0207 e. The van der Waals surface area contributed by atoms with Gasteiger partial charge < -0.3 is 5.32 Å². The summed E-state index contributed by atoms with van der Waals surface area (Å²) in [6, 6.07) is 15.6. The number of benzene rings is 1. The molecule has 19 heavy (non-hydrogen) atoms. The van der Waals surface area contributed by atoms with Gasteiger partial charge in [-0.15, -0.1) is 11.3 Å². The maximum atomic E-state index is 3.60. The Kier molecular flexibility index (Phi) is 6.12. The first-order valence-electron chi connectivity index (χ1n) is 7.14. The van der Waals surface area contributed by atoms with Crippen molar-refractivity contribution in [2.45, 2.75) is 45.2 Å². The molecule has 2 rings (SSSR count). The van der Waals surface area contributed by atoms with Crippen molar-refractivity contribution in [3.8, 4) is 0 Å². The molecule has 0 amide bonds. The summed E-state index contributed by atoms with van der Waals surface area (Å²) < 4.78 is 0. The zero-order chi connectivity index (χ0) is 13.3. The van der Waals surface area contributed by atoms with Crippen LogP contribution in [0.1, 0.15) is 36.6 Å². The molecule has 1 unspecified atom stereocenters. The number of hydrogen-bond acceptors (Lipinski definition) is 2. The Morgan fingerprint density at radius 3 is 2.63 bits per heavy atom. The van der Waals surface area contributed by atoms with Crippen LogP contribution in [0.25, 0.3) is 0 Å². The molecule has 2 aromatic rings. The SMILES string of the molecule is CC(CCCCc1cccs1)NCc1ccccc1. The molecule has 1 nitrogen and oxygen atoms in total. The third-order valence-electron chi connectivity index (χ3n) is 3.39. The van der Waals surface area contributed by atoms with Crippen LogP contribution in [-0.2, 0) is 13.0 Å². The number of hydrogen-bond donors (Lipinski definition) is 1. The highest BCUT2D eigenvalue weighted by Crippen LogP contribution is 2.13. The van der Waals surface area contributed by atoms with E-state index in [1.165, 1.54) is 36.1 Å². The van der Waals surface area contributed by atoms with E-state index in [-0.39, 0.29) is 0 Å². The second-order valence-corrected chi connectivity index (χ2v) is 6.12. The molecule has 0 aliphatic heterocycles. The van der Waals surface area contributed by atoms with Crippen molar-refractivity contribution in [2.75, 3.05) is 0 Å². The minimum Gasteiger partial charge on any atom is -0.310 e. The van der Waals surface area contributed by atoms with Crippen LogP contribution in [0, 0.1) is 0 Å².